The highest BCUT2D eigenvalue weighted by molar-refractivity contribution is 4.62. The summed E-state index contributed by atoms with van der Waals surface area (Å²) in [5.41, 5.74) is 0.153. The van der Waals surface area contributed by atoms with Crippen LogP contribution in [0, 0.1) is 5.41 Å². The molecule has 0 saturated heterocycles. The largest absolute Gasteiger partial charge is 0.382 e. The molecule has 0 heterocycles. The molecular formula is C9H21NO3. The van der Waals surface area contributed by atoms with E-state index in [2.05, 4.69) is 25.6 Å². The number of methoxy groups -OCH3 is 1. The van der Waals surface area contributed by atoms with E-state index >= 15 is 0 Å². The third-order valence-electron chi connectivity index (χ3n) is 1.39. The minimum absolute atomic E-state index is 0.0748. The first-order valence-corrected chi connectivity index (χ1v) is 4.42. The van der Waals surface area contributed by atoms with Gasteiger partial charge >= 0.3 is 0 Å². The molecule has 0 rings (SSSR count). The van der Waals surface area contributed by atoms with Crippen LogP contribution in [0.4, 0.5) is 0 Å². The van der Waals surface area contributed by atoms with Crippen LogP contribution in [0.5, 0.6) is 0 Å². The van der Waals surface area contributed by atoms with Crippen LogP contribution in [0.2, 0.25) is 0 Å². The molecule has 0 fully saturated rings. The quantitative estimate of drug-likeness (QED) is 0.635. The fraction of sp³-hybridized carbons (Fsp3) is 1.00. The summed E-state index contributed by atoms with van der Waals surface area (Å²) < 4.78 is 10.5. The van der Waals surface area contributed by atoms with Gasteiger partial charge in [-0.1, -0.05) is 20.8 Å². The molecule has 1 unspecified atom stereocenters. The molecule has 4 nitrogen and oxygen atoms in total. The van der Waals surface area contributed by atoms with Crippen molar-refractivity contribution in [1.29, 1.82) is 0 Å². The molecule has 0 aromatic heterocycles. The van der Waals surface area contributed by atoms with Gasteiger partial charge in [0.2, 0.25) is 0 Å². The van der Waals surface area contributed by atoms with Crippen LogP contribution in [-0.4, -0.2) is 33.0 Å². The van der Waals surface area contributed by atoms with Gasteiger partial charge in [0.05, 0.1) is 19.8 Å². The minimum atomic E-state index is -0.0748. The molecule has 1 atom stereocenters. The molecular weight excluding hydrogens is 170 g/mol. The molecule has 0 aliphatic heterocycles. The Labute approximate surface area is 80.3 Å². The van der Waals surface area contributed by atoms with Crippen molar-refractivity contribution < 1.29 is 14.3 Å². The van der Waals surface area contributed by atoms with E-state index in [9.17, 15) is 0 Å². The van der Waals surface area contributed by atoms with Crippen molar-refractivity contribution in [3.8, 4) is 0 Å². The van der Waals surface area contributed by atoms with Gasteiger partial charge in [-0.15, -0.1) is 0 Å². The third kappa shape index (κ3) is 8.18. The van der Waals surface area contributed by atoms with E-state index in [4.69, 9.17) is 15.4 Å². The van der Waals surface area contributed by atoms with Crippen LogP contribution in [0.15, 0.2) is 0 Å². The van der Waals surface area contributed by atoms with Crippen LogP contribution < -0.4 is 5.90 Å². The van der Waals surface area contributed by atoms with Gasteiger partial charge in [0.25, 0.3) is 0 Å². The van der Waals surface area contributed by atoms with Crippen molar-refractivity contribution in [2.24, 2.45) is 11.3 Å². The van der Waals surface area contributed by atoms with Crippen molar-refractivity contribution >= 4 is 0 Å². The second kappa shape index (κ2) is 6.32. The Hall–Kier alpha value is -0.160. The fourth-order valence-corrected chi connectivity index (χ4v) is 0.805. The van der Waals surface area contributed by atoms with E-state index < -0.39 is 0 Å². The topological polar surface area (TPSA) is 53.7 Å². The lowest BCUT2D eigenvalue weighted by atomic mass is 9.99. The first kappa shape index (κ1) is 12.8. The predicted molar refractivity (Wildman–Crippen MR) is 51.2 cm³/mol. The zero-order chi connectivity index (χ0) is 10.3. The molecule has 2 N–H and O–H groups in total. The number of hydrogen-bond acceptors (Lipinski definition) is 4. The van der Waals surface area contributed by atoms with E-state index in [1.165, 1.54) is 0 Å². The summed E-state index contributed by atoms with van der Waals surface area (Å²) in [4.78, 5) is 4.52. The Balaban J connectivity index is 3.68. The molecule has 0 aromatic carbocycles. The lowest BCUT2D eigenvalue weighted by molar-refractivity contribution is -0.0708. The highest BCUT2D eigenvalue weighted by atomic mass is 16.6. The van der Waals surface area contributed by atoms with Gasteiger partial charge in [-0.2, -0.15) is 0 Å². The fourth-order valence-electron chi connectivity index (χ4n) is 0.805. The summed E-state index contributed by atoms with van der Waals surface area (Å²) in [5, 5.41) is 0. The Kier molecular flexibility index (Phi) is 6.24. The van der Waals surface area contributed by atoms with Crippen molar-refractivity contribution in [2.75, 3.05) is 26.9 Å². The first-order valence-electron chi connectivity index (χ1n) is 4.42. The molecule has 0 saturated carbocycles. The molecule has 0 spiro atoms. The van der Waals surface area contributed by atoms with Crippen molar-refractivity contribution in [2.45, 2.75) is 26.9 Å². The highest BCUT2D eigenvalue weighted by Crippen LogP contribution is 2.14. The van der Waals surface area contributed by atoms with Crippen LogP contribution in [0.3, 0.4) is 0 Å². The standard InChI is InChI=1S/C9H21NO3/c1-9(2,3)7-12-8(5-11-4)6-13-10/h8H,5-7,10H2,1-4H3. The maximum absolute atomic E-state index is 5.56. The molecule has 80 valence electrons. The summed E-state index contributed by atoms with van der Waals surface area (Å²) >= 11 is 0. The van der Waals surface area contributed by atoms with E-state index in [1.807, 2.05) is 0 Å². The monoisotopic (exact) mass is 191 g/mol. The van der Waals surface area contributed by atoms with E-state index in [-0.39, 0.29) is 11.5 Å². The molecule has 0 aliphatic carbocycles. The van der Waals surface area contributed by atoms with Crippen LogP contribution in [-0.2, 0) is 14.3 Å². The summed E-state index contributed by atoms with van der Waals surface area (Å²) in [6.45, 7) is 7.88. The predicted octanol–water partition coefficient (Wildman–Crippen LogP) is 0.954. The average molecular weight is 191 g/mol. The smallest absolute Gasteiger partial charge is 0.106 e. The number of ether oxygens (including phenoxy) is 2. The highest BCUT2D eigenvalue weighted by Gasteiger charge is 2.15. The maximum Gasteiger partial charge on any atom is 0.106 e. The van der Waals surface area contributed by atoms with Gasteiger partial charge in [0, 0.05) is 7.11 Å². The maximum atomic E-state index is 5.56. The first-order chi connectivity index (χ1) is 5.99. The third-order valence-corrected chi connectivity index (χ3v) is 1.39. The molecule has 4 heteroatoms. The van der Waals surface area contributed by atoms with E-state index in [0.717, 1.165) is 0 Å². The second-order valence-electron chi connectivity index (χ2n) is 4.28. The van der Waals surface area contributed by atoms with Crippen LogP contribution >= 0.6 is 0 Å². The minimum Gasteiger partial charge on any atom is -0.382 e. The van der Waals surface area contributed by atoms with Crippen molar-refractivity contribution in [1.82, 2.24) is 0 Å². The van der Waals surface area contributed by atoms with Gasteiger partial charge in [-0.3, -0.25) is 0 Å². The molecule has 0 aliphatic rings. The van der Waals surface area contributed by atoms with Gasteiger partial charge in [0.15, 0.2) is 0 Å². The molecule has 0 radical (unpaired) electrons. The molecule has 0 bridgehead atoms. The lowest BCUT2D eigenvalue weighted by Gasteiger charge is -2.23. The number of rotatable bonds is 6. The summed E-state index contributed by atoms with van der Waals surface area (Å²) in [6, 6.07) is 0. The zero-order valence-corrected chi connectivity index (χ0v) is 9.00. The van der Waals surface area contributed by atoms with Crippen LogP contribution in [0.1, 0.15) is 20.8 Å². The SMILES string of the molecule is COCC(CON)OCC(C)(C)C. The summed E-state index contributed by atoms with van der Waals surface area (Å²) in [7, 11) is 1.63. The molecule has 0 aromatic rings. The molecule has 13 heavy (non-hydrogen) atoms. The molecule has 0 amide bonds. The Morgan fingerprint density at radius 3 is 2.23 bits per heavy atom. The summed E-state index contributed by atoms with van der Waals surface area (Å²) in [5.74, 6) is 4.96. The van der Waals surface area contributed by atoms with Crippen molar-refractivity contribution in [3.63, 3.8) is 0 Å². The Morgan fingerprint density at radius 2 is 1.85 bits per heavy atom. The normalized spacial score (nSPS) is 14.5. The Morgan fingerprint density at radius 1 is 1.23 bits per heavy atom. The number of nitrogens with two attached hydrogens (primary N) is 1. The lowest BCUT2D eigenvalue weighted by Crippen LogP contribution is -2.30. The van der Waals surface area contributed by atoms with E-state index in [0.29, 0.717) is 19.8 Å². The van der Waals surface area contributed by atoms with Gasteiger partial charge < -0.3 is 14.3 Å². The van der Waals surface area contributed by atoms with Crippen molar-refractivity contribution in [3.05, 3.63) is 0 Å². The van der Waals surface area contributed by atoms with Gasteiger partial charge in [-0.05, 0) is 5.41 Å². The van der Waals surface area contributed by atoms with Gasteiger partial charge in [-0.25, -0.2) is 5.90 Å². The zero-order valence-electron chi connectivity index (χ0n) is 9.00. The average Bonchev–Trinajstić information content (AvgIpc) is 2.00. The van der Waals surface area contributed by atoms with E-state index in [1.54, 1.807) is 7.11 Å². The Bertz CT molecular complexity index is 117. The number of hydrogen-bond donors (Lipinski definition) is 1. The van der Waals surface area contributed by atoms with Gasteiger partial charge in [0.1, 0.15) is 6.10 Å². The second-order valence-corrected chi connectivity index (χ2v) is 4.28. The van der Waals surface area contributed by atoms with Crippen LogP contribution in [0.25, 0.3) is 0 Å². The summed E-state index contributed by atoms with van der Waals surface area (Å²) in [6.07, 6.45) is -0.0748.